The number of rotatable bonds is 0. The van der Waals surface area contributed by atoms with Crippen molar-refractivity contribution in [1.29, 1.82) is 0 Å². The highest BCUT2D eigenvalue weighted by atomic mass is 35.5. The molecular weight excluding hydrogens is 275 g/mol. The number of hydrogen-bond donors (Lipinski definition) is 0. The van der Waals surface area contributed by atoms with Gasteiger partial charge in [-0.05, 0) is 14.1 Å². The van der Waals surface area contributed by atoms with Gasteiger partial charge in [-0.25, -0.2) is 4.79 Å². The SMILES string of the molecule is CN1CCN(C(=O)N2CCN(C)CC2)CC1.Cl.Cl. The predicted molar refractivity (Wildman–Crippen MR) is 78.0 cm³/mol. The standard InChI is InChI=1S/C11H22N4O.2ClH/c1-12-3-7-14(8-4-12)11(16)15-9-5-13(2)6-10-15;;/h3-10H2,1-2H3;2*1H. The number of amides is 2. The fourth-order valence-corrected chi connectivity index (χ4v) is 2.20. The van der Waals surface area contributed by atoms with Crippen LogP contribution in [-0.4, -0.2) is 92.1 Å². The maximum absolute atomic E-state index is 12.2. The molecule has 108 valence electrons. The van der Waals surface area contributed by atoms with Crippen molar-refractivity contribution in [2.45, 2.75) is 0 Å². The Morgan fingerprint density at radius 3 is 1.22 bits per heavy atom. The number of carbonyl (C=O) groups is 1. The molecule has 0 atom stereocenters. The van der Waals surface area contributed by atoms with Crippen molar-refractivity contribution in [1.82, 2.24) is 19.6 Å². The summed E-state index contributed by atoms with van der Waals surface area (Å²) in [7, 11) is 4.22. The van der Waals surface area contributed by atoms with E-state index in [1.54, 1.807) is 0 Å². The molecule has 0 radical (unpaired) electrons. The maximum atomic E-state index is 12.2. The van der Waals surface area contributed by atoms with Gasteiger partial charge in [-0.15, -0.1) is 24.8 Å². The van der Waals surface area contributed by atoms with Crippen LogP contribution in [0.4, 0.5) is 4.79 Å². The molecule has 2 fully saturated rings. The molecular formula is C11H24Cl2N4O. The minimum absolute atomic E-state index is 0. The smallest absolute Gasteiger partial charge is 0.320 e. The lowest BCUT2D eigenvalue weighted by molar-refractivity contribution is 0.102. The number of nitrogens with zero attached hydrogens (tertiary/aromatic N) is 4. The summed E-state index contributed by atoms with van der Waals surface area (Å²) in [4.78, 5) is 20.7. The van der Waals surface area contributed by atoms with E-state index >= 15 is 0 Å². The second kappa shape index (κ2) is 8.04. The molecule has 2 saturated heterocycles. The fraction of sp³-hybridized carbons (Fsp3) is 0.909. The topological polar surface area (TPSA) is 30.0 Å². The van der Waals surface area contributed by atoms with Crippen LogP contribution in [0, 0.1) is 0 Å². The van der Waals surface area contributed by atoms with E-state index in [0.717, 1.165) is 52.4 Å². The largest absolute Gasteiger partial charge is 0.322 e. The Hall–Kier alpha value is -0.230. The minimum Gasteiger partial charge on any atom is -0.322 e. The van der Waals surface area contributed by atoms with E-state index in [4.69, 9.17) is 0 Å². The monoisotopic (exact) mass is 298 g/mol. The molecule has 18 heavy (non-hydrogen) atoms. The van der Waals surface area contributed by atoms with Crippen molar-refractivity contribution in [2.75, 3.05) is 66.5 Å². The van der Waals surface area contributed by atoms with Crippen LogP contribution < -0.4 is 0 Å². The maximum Gasteiger partial charge on any atom is 0.320 e. The number of hydrogen-bond acceptors (Lipinski definition) is 3. The molecule has 0 aromatic rings. The molecule has 0 saturated carbocycles. The van der Waals surface area contributed by atoms with Gasteiger partial charge in [0.1, 0.15) is 0 Å². The summed E-state index contributed by atoms with van der Waals surface area (Å²) in [6.07, 6.45) is 0. The van der Waals surface area contributed by atoms with Gasteiger partial charge in [-0.3, -0.25) is 0 Å². The normalized spacial score (nSPS) is 22.1. The van der Waals surface area contributed by atoms with Crippen LogP contribution in [0.1, 0.15) is 0 Å². The predicted octanol–water partition coefficient (Wildman–Crippen LogP) is 0.445. The first-order valence-electron chi connectivity index (χ1n) is 6.08. The van der Waals surface area contributed by atoms with Gasteiger partial charge in [-0.1, -0.05) is 0 Å². The fourth-order valence-electron chi connectivity index (χ4n) is 2.20. The molecule has 2 rings (SSSR count). The third-order valence-electron chi connectivity index (χ3n) is 3.55. The molecule has 0 unspecified atom stereocenters. The summed E-state index contributed by atoms with van der Waals surface area (Å²) >= 11 is 0. The van der Waals surface area contributed by atoms with E-state index in [-0.39, 0.29) is 30.8 Å². The van der Waals surface area contributed by atoms with Gasteiger partial charge in [0.25, 0.3) is 0 Å². The van der Waals surface area contributed by atoms with Gasteiger partial charge < -0.3 is 19.6 Å². The van der Waals surface area contributed by atoms with Crippen molar-refractivity contribution >= 4 is 30.8 Å². The molecule has 0 bridgehead atoms. The second-order valence-corrected chi connectivity index (χ2v) is 4.86. The van der Waals surface area contributed by atoms with E-state index in [9.17, 15) is 4.79 Å². The number of urea groups is 1. The van der Waals surface area contributed by atoms with Crippen LogP contribution in [-0.2, 0) is 0 Å². The molecule has 2 amide bonds. The Kier molecular flexibility index (Phi) is 7.94. The third-order valence-corrected chi connectivity index (χ3v) is 3.55. The van der Waals surface area contributed by atoms with E-state index < -0.39 is 0 Å². The second-order valence-electron chi connectivity index (χ2n) is 4.86. The van der Waals surface area contributed by atoms with Crippen LogP contribution in [0.25, 0.3) is 0 Å². The van der Waals surface area contributed by atoms with E-state index in [0.29, 0.717) is 0 Å². The van der Waals surface area contributed by atoms with Crippen LogP contribution in [0.2, 0.25) is 0 Å². The van der Waals surface area contributed by atoms with E-state index in [2.05, 4.69) is 23.9 Å². The number of piperazine rings is 2. The van der Waals surface area contributed by atoms with Crippen molar-refractivity contribution in [3.63, 3.8) is 0 Å². The van der Waals surface area contributed by atoms with Crippen LogP contribution in [0.3, 0.4) is 0 Å². The lowest BCUT2D eigenvalue weighted by Gasteiger charge is -2.39. The molecule has 2 aliphatic rings. The molecule has 0 N–H and O–H groups in total. The minimum atomic E-state index is 0. The first kappa shape index (κ1) is 17.8. The summed E-state index contributed by atoms with van der Waals surface area (Å²) < 4.78 is 0. The first-order valence-corrected chi connectivity index (χ1v) is 6.08. The molecule has 0 aromatic heterocycles. The summed E-state index contributed by atoms with van der Waals surface area (Å²) in [6, 6.07) is 0.237. The number of likely N-dealkylation sites (N-methyl/N-ethyl adjacent to an activating group) is 2. The highest BCUT2D eigenvalue weighted by Crippen LogP contribution is 2.07. The van der Waals surface area contributed by atoms with Gasteiger partial charge in [0, 0.05) is 52.4 Å². The highest BCUT2D eigenvalue weighted by Gasteiger charge is 2.25. The molecule has 5 nitrogen and oxygen atoms in total. The molecule has 0 spiro atoms. The number of halogens is 2. The zero-order valence-electron chi connectivity index (χ0n) is 11.2. The Labute approximate surface area is 122 Å². The molecule has 0 aromatic carbocycles. The van der Waals surface area contributed by atoms with Gasteiger partial charge in [0.05, 0.1) is 0 Å². The average Bonchev–Trinajstić information content (AvgIpc) is 2.30. The van der Waals surface area contributed by atoms with Crippen molar-refractivity contribution in [2.24, 2.45) is 0 Å². The Bertz CT molecular complexity index is 227. The average molecular weight is 299 g/mol. The van der Waals surface area contributed by atoms with Crippen LogP contribution in [0.5, 0.6) is 0 Å². The van der Waals surface area contributed by atoms with E-state index in [1.165, 1.54) is 0 Å². The molecule has 0 aliphatic carbocycles. The summed E-state index contributed by atoms with van der Waals surface area (Å²) in [5.74, 6) is 0. The van der Waals surface area contributed by atoms with Crippen molar-refractivity contribution < 1.29 is 4.79 Å². The first-order chi connectivity index (χ1) is 7.66. The van der Waals surface area contributed by atoms with Gasteiger partial charge >= 0.3 is 6.03 Å². The molecule has 2 heterocycles. The van der Waals surface area contributed by atoms with E-state index in [1.807, 2.05) is 9.80 Å². The van der Waals surface area contributed by atoms with Crippen LogP contribution >= 0.6 is 24.8 Å². The summed E-state index contributed by atoms with van der Waals surface area (Å²) in [6.45, 7) is 7.50. The number of carbonyl (C=O) groups excluding carboxylic acids is 1. The third kappa shape index (κ3) is 4.46. The van der Waals surface area contributed by atoms with Crippen LogP contribution in [0.15, 0.2) is 0 Å². The molecule has 2 aliphatic heterocycles. The summed E-state index contributed by atoms with van der Waals surface area (Å²) in [5, 5.41) is 0. The van der Waals surface area contributed by atoms with Crippen molar-refractivity contribution in [3.05, 3.63) is 0 Å². The lowest BCUT2D eigenvalue weighted by atomic mass is 10.3. The summed E-state index contributed by atoms with van der Waals surface area (Å²) in [5.41, 5.74) is 0. The van der Waals surface area contributed by atoms with Crippen molar-refractivity contribution in [3.8, 4) is 0 Å². The lowest BCUT2D eigenvalue weighted by Crippen LogP contribution is -2.55. The van der Waals surface area contributed by atoms with Gasteiger partial charge in [0.15, 0.2) is 0 Å². The Morgan fingerprint density at radius 1 is 0.667 bits per heavy atom. The zero-order valence-corrected chi connectivity index (χ0v) is 12.8. The Balaban J connectivity index is 0.00000144. The van der Waals surface area contributed by atoms with Gasteiger partial charge in [0.2, 0.25) is 0 Å². The highest BCUT2D eigenvalue weighted by molar-refractivity contribution is 5.85. The van der Waals surface area contributed by atoms with Gasteiger partial charge in [-0.2, -0.15) is 0 Å². The zero-order chi connectivity index (χ0) is 11.5. The Morgan fingerprint density at radius 2 is 0.944 bits per heavy atom. The molecule has 7 heteroatoms. The quantitative estimate of drug-likeness (QED) is 0.650.